The van der Waals surface area contributed by atoms with E-state index in [-0.39, 0.29) is 5.78 Å². The number of ketones is 1. The molecule has 0 fully saturated rings. The first kappa shape index (κ1) is 9.71. The molecule has 3 heteroatoms. The molecule has 0 aliphatic heterocycles. The van der Waals surface area contributed by atoms with Gasteiger partial charge in [0.05, 0.1) is 11.3 Å². The van der Waals surface area contributed by atoms with Crippen LogP contribution in [0.2, 0.25) is 0 Å². The SMILES string of the molecule is C=CC(=O)c1c(C)nn(CC)c1C. The summed E-state index contributed by atoms with van der Waals surface area (Å²) in [5, 5.41) is 4.25. The van der Waals surface area contributed by atoms with Crippen molar-refractivity contribution in [2.75, 3.05) is 0 Å². The van der Waals surface area contributed by atoms with Gasteiger partial charge in [0.25, 0.3) is 0 Å². The van der Waals surface area contributed by atoms with Crippen LogP contribution < -0.4 is 0 Å². The molecule has 1 heterocycles. The Morgan fingerprint density at radius 1 is 1.62 bits per heavy atom. The fraction of sp³-hybridized carbons (Fsp3) is 0.400. The number of rotatable bonds is 3. The highest BCUT2D eigenvalue weighted by atomic mass is 16.1. The maximum atomic E-state index is 11.4. The van der Waals surface area contributed by atoms with Gasteiger partial charge in [-0.15, -0.1) is 0 Å². The maximum Gasteiger partial charge on any atom is 0.188 e. The molecule has 0 saturated heterocycles. The lowest BCUT2D eigenvalue weighted by Crippen LogP contribution is -2.01. The molecule has 0 unspecified atom stereocenters. The van der Waals surface area contributed by atoms with Crippen LogP contribution in [-0.4, -0.2) is 15.6 Å². The van der Waals surface area contributed by atoms with Crippen molar-refractivity contribution in [2.24, 2.45) is 0 Å². The number of aryl methyl sites for hydroxylation is 2. The number of allylic oxidation sites excluding steroid dienone is 1. The minimum absolute atomic E-state index is 0.0466. The van der Waals surface area contributed by atoms with Gasteiger partial charge in [0.2, 0.25) is 0 Å². The molecule has 0 amide bonds. The quantitative estimate of drug-likeness (QED) is 0.523. The Labute approximate surface area is 78.1 Å². The molecule has 70 valence electrons. The predicted molar refractivity (Wildman–Crippen MR) is 51.9 cm³/mol. The molecule has 13 heavy (non-hydrogen) atoms. The highest BCUT2D eigenvalue weighted by Gasteiger charge is 2.14. The summed E-state index contributed by atoms with van der Waals surface area (Å²) in [7, 11) is 0. The average Bonchev–Trinajstić information content (AvgIpc) is 2.40. The van der Waals surface area contributed by atoms with E-state index in [0.29, 0.717) is 5.56 Å². The Morgan fingerprint density at radius 2 is 2.23 bits per heavy atom. The van der Waals surface area contributed by atoms with E-state index < -0.39 is 0 Å². The Kier molecular flexibility index (Phi) is 2.66. The fourth-order valence-electron chi connectivity index (χ4n) is 1.46. The first-order valence-corrected chi connectivity index (χ1v) is 4.32. The van der Waals surface area contributed by atoms with Crippen LogP contribution in [0.3, 0.4) is 0 Å². The van der Waals surface area contributed by atoms with Crippen molar-refractivity contribution in [3.05, 3.63) is 29.6 Å². The third kappa shape index (κ3) is 1.54. The van der Waals surface area contributed by atoms with Crippen LogP contribution in [-0.2, 0) is 6.54 Å². The van der Waals surface area contributed by atoms with Gasteiger partial charge in [-0.05, 0) is 26.8 Å². The third-order valence-corrected chi connectivity index (χ3v) is 2.11. The van der Waals surface area contributed by atoms with Crippen LogP contribution in [0.4, 0.5) is 0 Å². The first-order chi connectivity index (χ1) is 6.11. The molecule has 1 aromatic rings. The Morgan fingerprint density at radius 3 is 2.62 bits per heavy atom. The van der Waals surface area contributed by atoms with Gasteiger partial charge in [-0.3, -0.25) is 9.48 Å². The molecule has 0 saturated carbocycles. The standard InChI is InChI=1S/C10H14N2O/c1-5-9(13)10-7(3)11-12(6-2)8(10)4/h5H,1,6H2,2-4H3. The van der Waals surface area contributed by atoms with Gasteiger partial charge in [-0.2, -0.15) is 5.10 Å². The smallest absolute Gasteiger partial charge is 0.188 e. The number of hydrogen-bond donors (Lipinski definition) is 0. The lowest BCUT2D eigenvalue weighted by molar-refractivity contribution is 0.104. The van der Waals surface area contributed by atoms with Gasteiger partial charge in [-0.1, -0.05) is 6.58 Å². The largest absolute Gasteiger partial charge is 0.289 e. The lowest BCUT2D eigenvalue weighted by atomic mass is 10.1. The Hall–Kier alpha value is -1.38. The highest BCUT2D eigenvalue weighted by molar-refractivity contribution is 6.05. The third-order valence-electron chi connectivity index (χ3n) is 2.11. The van der Waals surface area contributed by atoms with Gasteiger partial charge < -0.3 is 0 Å². The summed E-state index contributed by atoms with van der Waals surface area (Å²) < 4.78 is 1.83. The average molecular weight is 178 g/mol. The second-order valence-corrected chi connectivity index (χ2v) is 2.93. The minimum atomic E-state index is -0.0466. The van der Waals surface area contributed by atoms with E-state index >= 15 is 0 Å². The van der Waals surface area contributed by atoms with E-state index in [1.807, 2.05) is 25.5 Å². The molecule has 0 aliphatic carbocycles. The molecule has 1 rings (SSSR count). The fourth-order valence-corrected chi connectivity index (χ4v) is 1.46. The number of nitrogens with zero attached hydrogens (tertiary/aromatic N) is 2. The molecule has 3 nitrogen and oxygen atoms in total. The number of aromatic nitrogens is 2. The summed E-state index contributed by atoms with van der Waals surface area (Å²) in [5.74, 6) is -0.0466. The molecular weight excluding hydrogens is 164 g/mol. The topological polar surface area (TPSA) is 34.9 Å². The van der Waals surface area contributed by atoms with Gasteiger partial charge >= 0.3 is 0 Å². The van der Waals surface area contributed by atoms with Crippen molar-refractivity contribution in [2.45, 2.75) is 27.3 Å². The summed E-state index contributed by atoms with van der Waals surface area (Å²) in [5.41, 5.74) is 2.39. The second kappa shape index (κ2) is 3.56. The first-order valence-electron chi connectivity index (χ1n) is 4.32. The lowest BCUT2D eigenvalue weighted by Gasteiger charge is -1.98. The molecule has 0 spiro atoms. The Balaban J connectivity index is 3.28. The van der Waals surface area contributed by atoms with Crippen LogP contribution in [0.25, 0.3) is 0 Å². The number of carbonyl (C=O) groups excluding carboxylic acids is 1. The molecule has 0 aromatic carbocycles. The van der Waals surface area contributed by atoms with Crippen molar-refractivity contribution in [1.82, 2.24) is 9.78 Å². The Bertz CT molecular complexity index is 350. The zero-order valence-corrected chi connectivity index (χ0v) is 8.29. The van der Waals surface area contributed by atoms with Crippen molar-refractivity contribution in [3.63, 3.8) is 0 Å². The molecule has 0 atom stereocenters. The summed E-state index contributed by atoms with van der Waals surface area (Å²) in [6.07, 6.45) is 1.33. The molecule has 0 bridgehead atoms. The highest BCUT2D eigenvalue weighted by Crippen LogP contribution is 2.13. The zero-order valence-electron chi connectivity index (χ0n) is 8.29. The van der Waals surface area contributed by atoms with Gasteiger partial charge in [0.15, 0.2) is 5.78 Å². The van der Waals surface area contributed by atoms with Crippen LogP contribution in [0.5, 0.6) is 0 Å². The van der Waals surface area contributed by atoms with Crippen LogP contribution in [0, 0.1) is 13.8 Å². The van der Waals surface area contributed by atoms with Crippen molar-refractivity contribution >= 4 is 5.78 Å². The van der Waals surface area contributed by atoms with Crippen molar-refractivity contribution < 1.29 is 4.79 Å². The summed E-state index contributed by atoms with van der Waals surface area (Å²) in [4.78, 5) is 11.4. The van der Waals surface area contributed by atoms with Gasteiger partial charge in [-0.25, -0.2) is 0 Å². The molecule has 0 N–H and O–H groups in total. The van der Waals surface area contributed by atoms with E-state index in [1.54, 1.807) is 0 Å². The number of hydrogen-bond acceptors (Lipinski definition) is 2. The minimum Gasteiger partial charge on any atom is -0.289 e. The van der Waals surface area contributed by atoms with Crippen molar-refractivity contribution in [1.29, 1.82) is 0 Å². The normalized spacial score (nSPS) is 10.1. The maximum absolute atomic E-state index is 11.4. The molecular formula is C10H14N2O. The predicted octanol–water partition coefficient (Wildman–Crippen LogP) is 1.89. The monoisotopic (exact) mass is 178 g/mol. The zero-order chi connectivity index (χ0) is 10.0. The van der Waals surface area contributed by atoms with E-state index in [0.717, 1.165) is 17.9 Å². The van der Waals surface area contributed by atoms with Crippen molar-refractivity contribution in [3.8, 4) is 0 Å². The second-order valence-electron chi connectivity index (χ2n) is 2.93. The van der Waals surface area contributed by atoms with Crippen LogP contribution >= 0.6 is 0 Å². The van der Waals surface area contributed by atoms with E-state index in [1.165, 1.54) is 6.08 Å². The van der Waals surface area contributed by atoms with Crippen LogP contribution in [0.1, 0.15) is 28.7 Å². The molecule has 0 aliphatic rings. The van der Waals surface area contributed by atoms with E-state index in [9.17, 15) is 4.79 Å². The molecule has 1 aromatic heterocycles. The van der Waals surface area contributed by atoms with Crippen LogP contribution in [0.15, 0.2) is 12.7 Å². The molecule has 0 radical (unpaired) electrons. The summed E-state index contributed by atoms with van der Waals surface area (Å²) in [6, 6.07) is 0. The van der Waals surface area contributed by atoms with Gasteiger partial charge in [0.1, 0.15) is 0 Å². The summed E-state index contributed by atoms with van der Waals surface area (Å²) >= 11 is 0. The van der Waals surface area contributed by atoms with E-state index in [4.69, 9.17) is 0 Å². The van der Waals surface area contributed by atoms with Gasteiger partial charge in [0, 0.05) is 12.2 Å². The van der Waals surface area contributed by atoms with E-state index in [2.05, 4.69) is 11.7 Å². The number of carbonyl (C=O) groups is 1. The summed E-state index contributed by atoms with van der Waals surface area (Å²) in [6.45, 7) is 10.0.